The van der Waals surface area contributed by atoms with Gasteiger partial charge in [-0.3, -0.25) is 0 Å². The lowest BCUT2D eigenvalue weighted by molar-refractivity contribution is 0.604. The fraction of sp³-hybridized carbons (Fsp3) is 0.0417. The van der Waals surface area contributed by atoms with Crippen LogP contribution in [0.3, 0.4) is 0 Å². The summed E-state index contributed by atoms with van der Waals surface area (Å²) in [5, 5.41) is 20.9. The van der Waals surface area contributed by atoms with Crippen LogP contribution in [0.4, 0.5) is 0 Å². The van der Waals surface area contributed by atoms with Crippen molar-refractivity contribution in [3.05, 3.63) is 60.2 Å². The maximum Gasteiger partial charge on any atom is 0.266 e. The van der Waals surface area contributed by atoms with Gasteiger partial charge in [0.2, 0.25) is 11.6 Å². The molecule has 7 rings (SSSR count). The Morgan fingerprint density at radius 1 is 0.806 bits per heavy atom. The summed E-state index contributed by atoms with van der Waals surface area (Å²) in [6, 6.07) is 16.5. The molecule has 36 heavy (non-hydrogen) atoms. The molecule has 0 fully saturated rings. The lowest BCUT2D eigenvalue weighted by Gasteiger charge is -2.08. The smallest absolute Gasteiger partial charge is 0.266 e. The van der Waals surface area contributed by atoms with Crippen molar-refractivity contribution in [3.63, 3.8) is 0 Å². The fourth-order valence-corrected chi connectivity index (χ4v) is 3.82. The van der Waals surface area contributed by atoms with Gasteiger partial charge in [0, 0.05) is 0 Å². The van der Waals surface area contributed by atoms with Gasteiger partial charge in [-0.25, -0.2) is 24.9 Å². The Hall–Kier alpha value is -5.57. The lowest BCUT2D eigenvalue weighted by atomic mass is 10.2. The highest BCUT2D eigenvalue weighted by molar-refractivity contribution is 6.38. The molecule has 0 amide bonds. The second-order valence-corrected chi connectivity index (χ2v) is 7.78. The van der Waals surface area contributed by atoms with E-state index >= 15 is 0 Å². The first-order chi connectivity index (χ1) is 17.7. The predicted octanol–water partition coefficient (Wildman–Crippen LogP) is 3.16. The van der Waals surface area contributed by atoms with Crippen molar-refractivity contribution in [2.45, 2.75) is 6.04 Å². The Balaban J connectivity index is 1.43. The van der Waals surface area contributed by atoms with Gasteiger partial charge in [-0.1, -0.05) is 24.3 Å². The number of hydrogen-bond donors (Lipinski definition) is 1. The number of allylic oxidation sites excluding steroid dienone is 1. The summed E-state index contributed by atoms with van der Waals surface area (Å²) in [6.45, 7) is 0. The zero-order valence-corrected chi connectivity index (χ0v) is 18.2. The molecule has 0 saturated heterocycles. The quantitative estimate of drug-likeness (QED) is 0.388. The molecule has 12 heteroatoms. The molecule has 2 aliphatic rings. The van der Waals surface area contributed by atoms with Gasteiger partial charge in [0.05, 0.1) is 18.1 Å². The molecule has 1 N–H and O–H groups in total. The number of nitriles is 1. The highest BCUT2D eigenvalue weighted by atomic mass is 16.4. The largest absolute Gasteiger partial charge is 0.434 e. The summed E-state index contributed by atoms with van der Waals surface area (Å²) in [4.78, 5) is 27.0. The van der Waals surface area contributed by atoms with E-state index in [-0.39, 0.29) is 46.7 Å². The van der Waals surface area contributed by atoms with Crippen molar-refractivity contribution >= 4 is 45.9 Å². The monoisotopic (exact) mass is 472 g/mol. The van der Waals surface area contributed by atoms with Gasteiger partial charge < -0.3 is 14.2 Å². The van der Waals surface area contributed by atoms with Crippen molar-refractivity contribution in [2.75, 3.05) is 0 Å². The molecule has 12 nitrogen and oxygen atoms in total. The zero-order chi connectivity index (χ0) is 24.1. The molecule has 2 aromatic carbocycles. The van der Waals surface area contributed by atoms with E-state index in [1.165, 1.54) is 6.21 Å². The topological polar surface area (TPSA) is 164 Å². The van der Waals surface area contributed by atoms with Gasteiger partial charge in [-0.05, 0) is 24.3 Å². The summed E-state index contributed by atoms with van der Waals surface area (Å²) in [7, 11) is 0. The van der Waals surface area contributed by atoms with Crippen LogP contribution in [0.25, 0.3) is 51.2 Å². The van der Waals surface area contributed by atoms with Crippen LogP contribution in [0.5, 0.6) is 0 Å². The van der Waals surface area contributed by atoms with Crippen LogP contribution in [0.1, 0.15) is 5.82 Å². The first-order valence-electron chi connectivity index (χ1n) is 10.8. The summed E-state index contributed by atoms with van der Waals surface area (Å²) in [5.41, 5.74) is 3.15. The van der Waals surface area contributed by atoms with E-state index in [1.807, 2.05) is 36.4 Å². The second kappa shape index (κ2) is 7.74. The molecule has 5 heterocycles. The summed E-state index contributed by atoms with van der Waals surface area (Å²) in [5.74, 6) is 0.911. The molecular weight excluding hydrogens is 460 g/mol. The number of benzene rings is 2. The molecule has 0 bridgehead atoms. The lowest BCUT2D eigenvalue weighted by Crippen LogP contribution is -2.33. The molecule has 0 saturated carbocycles. The Morgan fingerprint density at radius 3 is 2.03 bits per heavy atom. The average molecular weight is 472 g/mol. The Bertz CT molecular complexity index is 1700. The van der Waals surface area contributed by atoms with E-state index in [9.17, 15) is 5.26 Å². The Kier molecular flexibility index (Phi) is 4.27. The third kappa shape index (κ3) is 3.23. The second-order valence-electron chi connectivity index (χ2n) is 7.78. The van der Waals surface area contributed by atoms with Crippen molar-refractivity contribution in [2.24, 2.45) is 15.2 Å². The predicted molar refractivity (Wildman–Crippen MR) is 130 cm³/mol. The van der Waals surface area contributed by atoms with Gasteiger partial charge >= 0.3 is 0 Å². The molecule has 3 aromatic heterocycles. The van der Waals surface area contributed by atoms with Crippen LogP contribution >= 0.6 is 0 Å². The normalized spacial score (nSPS) is 17.6. The van der Waals surface area contributed by atoms with Crippen molar-refractivity contribution in [3.8, 4) is 29.5 Å². The van der Waals surface area contributed by atoms with E-state index in [1.54, 1.807) is 18.3 Å². The maximum absolute atomic E-state index is 10.1. The zero-order valence-electron chi connectivity index (χ0n) is 18.2. The van der Waals surface area contributed by atoms with Gasteiger partial charge in [0.15, 0.2) is 17.0 Å². The minimum Gasteiger partial charge on any atom is -0.434 e. The third-order valence-electron chi connectivity index (χ3n) is 5.50. The van der Waals surface area contributed by atoms with Crippen molar-refractivity contribution in [1.29, 1.82) is 5.26 Å². The number of aliphatic imine (C=N–C) groups is 1. The van der Waals surface area contributed by atoms with E-state index in [0.717, 1.165) is 0 Å². The number of oxazole rings is 2. The van der Waals surface area contributed by atoms with Crippen LogP contribution in [-0.2, 0) is 0 Å². The van der Waals surface area contributed by atoms with Crippen LogP contribution in [0.2, 0.25) is 0 Å². The molecule has 0 spiro atoms. The first-order valence-corrected chi connectivity index (χ1v) is 10.8. The molecule has 1 atom stereocenters. The van der Waals surface area contributed by atoms with E-state index in [4.69, 9.17) is 8.83 Å². The molecule has 1 unspecified atom stereocenters. The van der Waals surface area contributed by atoms with Gasteiger partial charge in [-0.2, -0.15) is 20.4 Å². The van der Waals surface area contributed by atoms with Crippen LogP contribution in [-0.4, -0.2) is 49.1 Å². The standard InChI is InChI=1S/C24H12N10O2/c25-9-12(19-28-15-10-26-27-11-16(15)29-19)20-32-21(23-30-13-5-1-3-7-17(13)35-23)34-22(33-20)24-31-14-6-2-4-8-18(14)36-24/h1-8,10-11,15,28H/b19-12+. The molecule has 0 radical (unpaired) electrons. The number of hydrogen-bond acceptors (Lipinski definition) is 12. The number of fused-ring (bicyclic) bond motifs is 3. The summed E-state index contributed by atoms with van der Waals surface area (Å²) in [6.07, 6.45) is 3.13. The summed E-state index contributed by atoms with van der Waals surface area (Å²) >= 11 is 0. The van der Waals surface area contributed by atoms with Gasteiger partial charge in [-0.15, -0.1) is 0 Å². The van der Waals surface area contributed by atoms with E-state index in [2.05, 4.69) is 51.5 Å². The third-order valence-corrected chi connectivity index (χ3v) is 5.50. The number of nitrogens with one attached hydrogen (secondary N) is 1. The van der Waals surface area contributed by atoms with Gasteiger partial charge in [0.25, 0.3) is 11.8 Å². The minimum atomic E-state index is -0.296. The summed E-state index contributed by atoms with van der Waals surface area (Å²) < 4.78 is 11.8. The van der Waals surface area contributed by atoms with Crippen molar-refractivity contribution < 1.29 is 8.83 Å². The maximum atomic E-state index is 10.1. The molecular formula is C24H12N10O2. The highest BCUT2D eigenvalue weighted by Crippen LogP contribution is 2.28. The molecule has 5 aromatic rings. The minimum absolute atomic E-state index is 0.0568. The number of para-hydroxylation sites is 4. The van der Waals surface area contributed by atoms with Gasteiger partial charge in [0.1, 0.15) is 34.5 Å². The molecule has 0 aliphatic carbocycles. The van der Waals surface area contributed by atoms with Crippen molar-refractivity contribution in [1.82, 2.24) is 30.2 Å². The van der Waals surface area contributed by atoms with E-state index in [0.29, 0.717) is 27.9 Å². The number of rotatable bonds is 3. The Morgan fingerprint density at radius 2 is 1.44 bits per heavy atom. The van der Waals surface area contributed by atoms with Crippen LogP contribution in [0.15, 0.2) is 78.4 Å². The van der Waals surface area contributed by atoms with Crippen LogP contribution < -0.4 is 5.32 Å². The van der Waals surface area contributed by atoms with E-state index < -0.39 is 0 Å². The highest BCUT2D eigenvalue weighted by Gasteiger charge is 2.28. The van der Waals surface area contributed by atoms with Crippen LogP contribution in [0, 0.1) is 11.3 Å². The average Bonchev–Trinajstić information content (AvgIpc) is 3.65. The molecule has 170 valence electrons. The Labute approximate surface area is 201 Å². The number of aromatic nitrogens is 5. The SMILES string of the molecule is N#C/C(=C1\N=C2C=NN=CC2N1)c1nc(-c2nc3ccccc3o2)nc(-c2nc3ccccc3o2)n1. The first kappa shape index (κ1) is 19.9. The fourth-order valence-electron chi connectivity index (χ4n) is 3.82. The number of nitrogens with zero attached hydrogens (tertiary/aromatic N) is 9. The molecule has 2 aliphatic heterocycles.